The van der Waals surface area contributed by atoms with E-state index < -0.39 is 30.6 Å². The molecule has 3 atom stereocenters. The lowest BCUT2D eigenvalue weighted by Gasteiger charge is -2.27. The quantitative estimate of drug-likeness (QED) is 0.122. The van der Waals surface area contributed by atoms with Gasteiger partial charge in [-0.15, -0.1) is 0 Å². The van der Waals surface area contributed by atoms with E-state index in [1.54, 1.807) is 57.0 Å². The number of nitrogen functional groups attached to an aromatic ring is 2. The molecule has 17 nitrogen and oxygen atoms in total. The molecule has 0 spiro atoms. The molecule has 2 unspecified atom stereocenters. The molecule has 4 aromatic rings. The Balaban J connectivity index is 0.000000240. The van der Waals surface area contributed by atoms with Gasteiger partial charge in [-0.05, 0) is 6.92 Å². The monoisotopic (exact) mass is 656 g/mol. The maximum absolute atomic E-state index is 12.2. The molecule has 19 heteroatoms. The van der Waals surface area contributed by atoms with Crippen LogP contribution in [0.4, 0.5) is 11.8 Å². The standard InChI is InChI=1S/C13H22N5O3P.C12H20N5O4P/c1-9(21-8-22(19,20)13(2,3)4)5-18-7-17-10-11(14)15-6-16-12(10)18;1-12(2,3)22(19,20)7-21-5-4-17-6-14-8-9(17)15-11(13)16-10(8)18/h6-7,9H,5,8H2,1-4H3,(H,19,20)(H2,14,15,16);6H,4-5,7H2,1-3H3,(H,19,20)(H3,13,15,16,18)/t9-;/m1./s1. The van der Waals surface area contributed by atoms with Gasteiger partial charge in [0.1, 0.15) is 24.5 Å². The van der Waals surface area contributed by atoms with Crippen LogP contribution < -0.4 is 17.0 Å². The van der Waals surface area contributed by atoms with Crippen molar-refractivity contribution in [3.63, 3.8) is 0 Å². The zero-order valence-corrected chi connectivity index (χ0v) is 27.7. The van der Waals surface area contributed by atoms with Crippen LogP contribution in [0.25, 0.3) is 22.3 Å². The molecule has 0 aliphatic rings. The van der Waals surface area contributed by atoms with Crippen LogP contribution in [-0.4, -0.2) is 84.5 Å². The van der Waals surface area contributed by atoms with E-state index in [1.807, 2.05) is 6.92 Å². The largest absolute Gasteiger partial charge is 0.382 e. The lowest BCUT2D eigenvalue weighted by Crippen LogP contribution is -2.22. The highest BCUT2D eigenvalue weighted by Crippen LogP contribution is 2.54. The Labute approximate surface area is 254 Å². The number of nitrogens with zero attached hydrogens (tertiary/aromatic N) is 7. The van der Waals surface area contributed by atoms with E-state index >= 15 is 0 Å². The second-order valence-electron chi connectivity index (χ2n) is 12.3. The van der Waals surface area contributed by atoms with Crippen molar-refractivity contribution in [1.29, 1.82) is 0 Å². The highest BCUT2D eigenvalue weighted by atomic mass is 31.2. The number of ether oxygens (including phenoxy) is 2. The number of fused-ring (bicyclic) bond motifs is 2. The molecule has 0 amide bonds. The Bertz CT molecular complexity index is 1740. The first-order valence-electron chi connectivity index (χ1n) is 13.7. The molecule has 4 rings (SSSR count). The fraction of sp³-hybridized carbons (Fsp3) is 0.600. The number of hydrogen-bond donors (Lipinski definition) is 5. The molecule has 0 radical (unpaired) electrons. The van der Waals surface area contributed by atoms with Gasteiger partial charge >= 0.3 is 0 Å². The minimum absolute atomic E-state index is 0.00719. The van der Waals surface area contributed by atoms with Crippen LogP contribution in [0, 0.1) is 0 Å². The lowest BCUT2D eigenvalue weighted by atomic mass is 10.3. The summed E-state index contributed by atoms with van der Waals surface area (Å²) < 4.78 is 38.5. The maximum Gasteiger partial charge on any atom is 0.280 e. The Morgan fingerprint density at radius 3 is 2.14 bits per heavy atom. The summed E-state index contributed by atoms with van der Waals surface area (Å²) in [6.07, 6.45) is 3.77. The van der Waals surface area contributed by atoms with Gasteiger partial charge in [0.05, 0.1) is 31.9 Å². The van der Waals surface area contributed by atoms with Gasteiger partial charge in [0, 0.05) is 16.9 Å². The van der Waals surface area contributed by atoms with E-state index in [-0.39, 0.29) is 36.9 Å². The van der Waals surface area contributed by atoms with Crippen molar-refractivity contribution in [2.75, 3.05) is 30.8 Å². The molecule has 0 bridgehead atoms. The first-order valence-corrected chi connectivity index (χ1v) is 17.4. The minimum atomic E-state index is -3.38. The SMILES string of the molecule is CC(C)(C)P(=O)(O)COCCn1cnc2c(=O)[nH]c(N)nc21.C[C@H](Cn1cnc2c(N)ncnc21)OCP(=O)(O)C(C)(C)C. The van der Waals surface area contributed by atoms with Crippen LogP contribution in [-0.2, 0) is 31.7 Å². The third kappa shape index (κ3) is 8.49. The zero-order valence-electron chi connectivity index (χ0n) is 26.0. The van der Waals surface area contributed by atoms with Gasteiger partial charge in [-0.3, -0.25) is 18.9 Å². The molecule has 244 valence electrons. The third-order valence-corrected chi connectivity index (χ3v) is 12.0. The second-order valence-corrected chi connectivity index (χ2v) is 18.3. The van der Waals surface area contributed by atoms with Crippen LogP contribution in [0.15, 0.2) is 23.8 Å². The maximum atomic E-state index is 12.2. The molecule has 7 N–H and O–H groups in total. The number of hydrogen-bond acceptors (Lipinski definition) is 12. The van der Waals surface area contributed by atoms with Crippen LogP contribution in [0.1, 0.15) is 48.5 Å². The van der Waals surface area contributed by atoms with Gasteiger partial charge in [-0.1, -0.05) is 41.5 Å². The lowest BCUT2D eigenvalue weighted by molar-refractivity contribution is 0.0811. The molecular formula is C25H42N10O7P2. The predicted molar refractivity (Wildman–Crippen MR) is 168 cm³/mol. The van der Waals surface area contributed by atoms with Gasteiger partial charge in [-0.25, -0.2) is 19.9 Å². The number of H-pyrrole nitrogens is 1. The van der Waals surface area contributed by atoms with Crippen molar-refractivity contribution >= 4 is 48.8 Å². The summed E-state index contributed by atoms with van der Waals surface area (Å²) in [6, 6.07) is 0. The first-order chi connectivity index (χ1) is 20.2. The molecule has 4 heterocycles. The second kappa shape index (κ2) is 13.4. The van der Waals surface area contributed by atoms with E-state index in [0.29, 0.717) is 35.7 Å². The van der Waals surface area contributed by atoms with Crippen LogP contribution in [0.5, 0.6) is 0 Å². The fourth-order valence-electron chi connectivity index (χ4n) is 3.46. The summed E-state index contributed by atoms with van der Waals surface area (Å²) in [4.78, 5) is 54.1. The van der Waals surface area contributed by atoms with Gasteiger partial charge in [-0.2, -0.15) is 4.98 Å². The highest BCUT2D eigenvalue weighted by Gasteiger charge is 2.35. The average Bonchev–Trinajstić information content (AvgIpc) is 3.50. The Morgan fingerprint density at radius 2 is 1.50 bits per heavy atom. The summed E-state index contributed by atoms with van der Waals surface area (Å²) in [5.41, 5.74) is 12.5. The molecule has 44 heavy (non-hydrogen) atoms. The van der Waals surface area contributed by atoms with Crippen molar-refractivity contribution in [3.8, 4) is 0 Å². The molecule has 0 aliphatic carbocycles. The van der Waals surface area contributed by atoms with E-state index in [0.717, 1.165) is 0 Å². The van der Waals surface area contributed by atoms with E-state index in [2.05, 4.69) is 29.9 Å². The summed E-state index contributed by atoms with van der Waals surface area (Å²) in [5, 5.41) is -1.42. The van der Waals surface area contributed by atoms with Gasteiger partial charge in [0.15, 0.2) is 22.6 Å². The molecule has 0 saturated carbocycles. The Hall–Kier alpha value is -3.20. The van der Waals surface area contributed by atoms with E-state index in [4.69, 9.17) is 20.9 Å². The van der Waals surface area contributed by atoms with Crippen molar-refractivity contribution in [2.45, 2.75) is 78.0 Å². The smallest absolute Gasteiger partial charge is 0.280 e. The van der Waals surface area contributed by atoms with E-state index in [1.165, 1.54) is 12.7 Å². The van der Waals surface area contributed by atoms with Crippen molar-refractivity contribution in [3.05, 3.63) is 29.3 Å². The van der Waals surface area contributed by atoms with Gasteiger partial charge < -0.3 is 39.9 Å². The highest BCUT2D eigenvalue weighted by molar-refractivity contribution is 7.59. The molecule has 4 aromatic heterocycles. The minimum Gasteiger partial charge on any atom is -0.382 e. The number of anilines is 2. The Morgan fingerprint density at radius 1 is 0.909 bits per heavy atom. The number of aromatic nitrogens is 8. The normalized spacial score (nSPS) is 15.8. The van der Waals surface area contributed by atoms with Gasteiger partial charge in [0.25, 0.3) is 5.56 Å². The average molecular weight is 657 g/mol. The van der Waals surface area contributed by atoms with Crippen LogP contribution in [0.2, 0.25) is 0 Å². The topological polar surface area (TPSA) is 252 Å². The number of rotatable bonds is 10. The molecular weight excluding hydrogens is 614 g/mol. The van der Waals surface area contributed by atoms with E-state index in [9.17, 15) is 23.7 Å². The van der Waals surface area contributed by atoms with Gasteiger partial charge in [0.2, 0.25) is 20.7 Å². The number of aromatic amines is 1. The molecule has 0 aliphatic heterocycles. The van der Waals surface area contributed by atoms with Crippen molar-refractivity contribution < 1.29 is 28.4 Å². The summed E-state index contributed by atoms with van der Waals surface area (Å²) >= 11 is 0. The van der Waals surface area contributed by atoms with Crippen LogP contribution in [0.3, 0.4) is 0 Å². The van der Waals surface area contributed by atoms with Crippen molar-refractivity contribution in [1.82, 2.24) is 39.0 Å². The summed E-state index contributed by atoms with van der Waals surface area (Å²) in [7, 11) is -6.75. The van der Waals surface area contributed by atoms with Crippen molar-refractivity contribution in [2.24, 2.45) is 0 Å². The molecule has 0 saturated heterocycles. The number of nitrogens with two attached hydrogens (primary N) is 2. The zero-order chi connectivity index (χ0) is 33.1. The van der Waals surface area contributed by atoms with Crippen LogP contribution >= 0.6 is 14.7 Å². The molecule has 0 aromatic carbocycles. The number of nitrogens with one attached hydrogen (secondary N) is 1. The fourth-order valence-corrected chi connectivity index (χ4v) is 5.07. The molecule has 0 fully saturated rings. The number of imidazole rings is 2. The summed E-state index contributed by atoms with van der Waals surface area (Å²) in [6.45, 7) is 13.1. The Kier molecular flexibility index (Phi) is 10.8. The predicted octanol–water partition coefficient (Wildman–Crippen LogP) is 2.58. The first kappa shape index (κ1) is 35.3. The third-order valence-electron chi connectivity index (χ3n) is 6.75. The summed E-state index contributed by atoms with van der Waals surface area (Å²) in [5.74, 6) is 0.331.